The molecule has 3 rings (SSSR count). The van der Waals surface area contributed by atoms with Gasteiger partial charge in [0.25, 0.3) is 15.9 Å². The lowest BCUT2D eigenvalue weighted by atomic mass is 10.1. The highest BCUT2D eigenvalue weighted by atomic mass is 35.5. The maximum atomic E-state index is 12.7. The molecular weight excluding hydrogens is 396 g/mol. The summed E-state index contributed by atoms with van der Waals surface area (Å²) in [6, 6.07) is 21.9. The molecule has 1 N–H and O–H groups in total. The fourth-order valence-electron chi connectivity index (χ4n) is 2.63. The molecule has 0 heterocycles. The lowest BCUT2D eigenvalue weighted by Gasteiger charge is -2.19. The molecule has 0 saturated carbocycles. The van der Waals surface area contributed by atoms with E-state index in [9.17, 15) is 13.2 Å². The lowest BCUT2D eigenvalue weighted by Crippen LogP contribution is -2.27. The standard InChI is InChI=1S/C21H19ClN2O3S/c1-24(28(26,27)19-8-3-2-4-9-19)18-13-11-16(12-14-18)21(25)23-15-17-7-5-6-10-20(17)22/h2-14H,15H2,1H3,(H,23,25). The van der Waals surface area contributed by atoms with E-state index in [1.54, 1.807) is 60.7 Å². The fraction of sp³-hybridized carbons (Fsp3) is 0.0952. The van der Waals surface area contributed by atoms with Crippen LogP contribution in [0.3, 0.4) is 0 Å². The average molecular weight is 415 g/mol. The maximum Gasteiger partial charge on any atom is 0.264 e. The van der Waals surface area contributed by atoms with Gasteiger partial charge in [0.1, 0.15) is 0 Å². The molecule has 0 aromatic heterocycles. The van der Waals surface area contributed by atoms with Crippen molar-refractivity contribution in [1.82, 2.24) is 5.32 Å². The second-order valence-electron chi connectivity index (χ2n) is 6.11. The third kappa shape index (κ3) is 4.35. The van der Waals surface area contributed by atoms with Crippen LogP contribution in [0.1, 0.15) is 15.9 Å². The van der Waals surface area contributed by atoms with Crippen LogP contribution in [-0.2, 0) is 16.6 Å². The van der Waals surface area contributed by atoms with Gasteiger partial charge in [0.05, 0.1) is 10.6 Å². The van der Waals surface area contributed by atoms with Gasteiger partial charge in [0.2, 0.25) is 0 Å². The van der Waals surface area contributed by atoms with Crippen LogP contribution in [0.15, 0.2) is 83.8 Å². The molecule has 0 aliphatic rings. The van der Waals surface area contributed by atoms with Crippen LogP contribution >= 0.6 is 11.6 Å². The van der Waals surface area contributed by atoms with E-state index in [0.717, 1.165) is 5.56 Å². The summed E-state index contributed by atoms with van der Waals surface area (Å²) in [4.78, 5) is 12.6. The van der Waals surface area contributed by atoms with E-state index in [0.29, 0.717) is 22.8 Å². The smallest absolute Gasteiger partial charge is 0.264 e. The molecule has 0 aliphatic heterocycles. The topological polar surface area (TPSA) is 66.5 Å². The van der Waals surface area contributed by atoms with Gasteiger partial charge in [0.15, 0.2) is 0 Å². The Balaban J connectivity index is 1.71. The Labute approximate surface area is 169 Å². The predicted molar refractivity (Wildman–Crippen MR) is 111 cm³/mol. The number of anilines is 1. The summed E-state index contributed by atoms with van der Waals surface area (Å²) in [7, 11) is -2.18. The van der Waals surface area contributed by atoms with E-state index < -0.39 is 10.0 Å². The Morgan fingerprint density at radius 2 is 1.54 bits per heavy atom. The third-order valence-corrected chi connectivity index (χ3v) is 6.46. The largest absolute Gasteiger partial charge is 0.348 e. The van der Waals surface area contributed by atoms with Gasteiger partial charge >= 0.3 is 0 Å². The Bertz CT molecular complexity index is 1070. The summed E-state index contributed by atoms with van der Waals surface area (Å²) in [5.41, 5.74) is 1.72. The first kappa shape index (κ1) is 19.9. The summed E-state index contributed by atoms with van der Waals surface area (Å²) in [5.74, 6) is -0.264. The van der Waals surface area contributed by atoms with Crippen molar-refractivity contribution < 1.29 is 13.2 Å². The van der Waals surface area contributed by atoms with Crippen molar-refractivity contribution in [3.8, 4) is 0 Å². The highest BCUT2D eigenvalue weighted by Gasteiger charge is 2.21. The van der Waals surface area contributed by atoms with Gasteiger partial charge in [-0.25, -0.2) is 8.42 Å². The summed E-state index contributed by atoms with van der Waals surface area (Å²) in [6.45, 7) is 0.308. The Kier molecular flexibility index (Phi) is 6.02. The van der Waals surface area contributed by atoms with Gasteiger partial charge in [-0.05, 0) is 48.0 Å². The monoisotopic (exact) mass is 414 g/mol. The molecule has 0 aliphatic carbocycles. The van der Waals surface area contributed by atoms with Crippen molar-refractivity contribution in [1.29, 1.82) is 0 Å². The first-order valence-electron chi connectivity index (χ1n) is 8.55. The summed E-state index contributed by atoms with van der Waals surface area (Å²) < 4.78 is 26.5. The molecule has 0 atom stereocenters. The van der Waals surface area contributed by atoms with E-state index in [4.69, 9.17) is 11.6 Å². The van der Waals surface area contributed by atoms with Crippen LogP contribution in [0.5, 0.6) is 0 Å². The molecule has 7 heteroatoms. The van der Waals surface area contributed by atoms with Gasteiger partial charge in [-0.1, -0.05) is 48.0 Å². The quantitative estimate of drug-likeness (QED) is 0.660. The Hall–Kier alpha value is -2.83. The highest BCUT2D eigenvalue weighted by Crippen LogP contribution is 2.22. The van der Waals surface area contributed by atoms with E-state index in [1.165, 1.54) is 11.4 Å². The van der Waals surface area contributed by atoms with Crippen LogP contribution in [0.25, 0.3) is 0 Å². The van der Waals surface area contributed by atoms with Crippen molar-refractivity contribution in [3.05, 3.63) is 95.0 Å². The van der Waals surface area contributed by atoms with E-state index in [2.05, 4.69) is 5.32 Å². The van der Waals surface area contributed by atoms with Gasteiger partial charge in [-0.3, -0.25) is 9.10 Å². The lowest BCUT2D eigenvalue weighted by molar-refractivity contribution is 0.0951. The highest BCUT2D eigenvalue weighted by molar-refractivity contribution is 7.92. The first-order chi connectivity index (χ1) is 13.4. The number of halogens is 1. The number of carbonyl (C=O) groups excluding carboxylic acids is 1. The first-order valence-corrected chi connectivity index (χ1v) is 10.4. The molecule has 3 aromatic rings. The minimum atomic E-state index is -3.66. The van der Waals surface area contributed by atoms with Crippen LogP contribution in [-0.4, -0.2) is 21.4 Å². The van der Waals surface area contributed by atoms with Gasteiger partial charge in [-0.15, -0.1) is 0 Å². The number of nitrogens with zero attached hydrogens (tertiary/aromatic N) is 1. The van der Waals surface area contributed by atoms with Crippen molar-refractivity contribution in [3.63, 3.8) is 0 Å². The van der Waals surface area contributed by atoms with Gasteiger partial charge < -0.3 is 5.32 Å². The predicted octanol–water partition coefficient (Wildman–Crippen LogP) is 4.10. The molecule has 5 nitrogen and oxygen atoms in total. The summed E-state index contributed by atoms with van der Waals surface area (Å²) >= 11 is 6.09. The number of sulfonamides is 1. The molecule has 144 valence electrons. The number of nitrogens with one attached hydrogen (secondary N) is 1. The van der Waals surface area contributed by atoms with E-state index in [1.807, 2.05) is 18.2 Å². The molecule has 0 fully saturated rings. The summed E-state index contributed by atoms with van der Waals surface area (Å²) in [5, 5.41) is 3.39. The number of amides is 1. The summed E-state index contributed by atoms with van der Waals surface area (Å²) in [6.07, 6.45) is 0. The normalized spacial score (nSPS) is 11.1. The van der Waals surface area contributed by atoms with Crippen LogP contribution in [0, 0.1) is 0 Å². The van der Waals surface area contributed by atoms with Crippen molar-refractivity contribution in [2.45, 2.75) is 11.4 Å². The molecule has 0 bridgehead atoms. The fourth-order valence-corrected chi connectivity index (χ4v) is 4.05. The van der Waals surface area contributed by atoms with Crippen LogP contribution < -0.4 is 9.62 Å². The minimum absolute atomic E-state index is 0.207. The van der Waals surface area contributed by atoms with Crippen molar-refractivity contribution >= 4 is 33.2 Å². The molecular formula is C21H19ClN2O3S. The molecule has 0 saturated heterocycles. The molecule has 28 heavy (non-hydrogen) atoms. The van der Waals surface area contributed by atoms with Crippen molar-refractivity contribution in [2.75, 3.05) is 11.4 Å². The number of carbonyl (C=O) groups is 1. The number of rotatable bonds is 6. The second-order valence-corrected chi connectivity index (χ2v) is 8.48. The molecule has 0 radical (unpaired) electrons. The zero-order valence-electron chi connectivity index (χ0n) is 15.2. The van der Waals surface area contributed by atoms with Crippen molar-refractivity contribution in [2.24, 2.45) is 0 Å². The molecule has 3 aromatic carbocycles. The number of hydrogen-bond donors (Lipinski definition) is 1. The van der Waals surface area contributed by atoms with Crippen LogP contribution in [0.4, 0.5) is 5.69 Å². The Morgan fingerprint density at radius 1 is 0.929 bits per heavy atom. The zero-order chi connectivity index (χ0) is 20.1. The number of hydrogen-bond acceptors (Lipinski definition) is 3. The zero-order valence-corrected chi connectivity index (χ0v) is 16.7. The third-order valence-electron chi connectivity index (χ3n) is 4.29. The molecule has 1 amide bonds. The molecule has 0 spiro atoms. The minimum Gasteiger partial charge on any atom is -0.348 e. The number of benzene rings is 3. The van der Waals surface area contributed by atoms with Gasteiger partial charge in [0, 0.05) is 24.2 Å². The SMILES string of the molecule is CN(c1ccc(C(=O)NCc2ccccc2Cl)cc1)S(=O)(=O)c1ccccc1. The molecule has 0 unspecified atom stereocenters. The van der Waals surface area contributed by atoms with Crippen LogP contribution in [0.2, 0.25) is 5.02 Å². The average Bonchev–Trinajstić information content (AvgIpc) is 2.73. The maximum absolute atomic E-state index is 12.7. The Morgan fingerprint density at radius 3 is 2.18 bits per heavy atom. The van der Waals surface area contributed by atoms with Gasteiger partial charge in [-0.2, -0.15) is 0 Å². The van der Waals surface area contributed by atoms with E-state index in [-0.39, 0.29) is 10.8 Å². The second kappa shape index (κ2) is 8.46. The van der Waals surface area contributed by atoms with E-state index >= 15 is 0 Å².